The maximum Gasteiger partial charge on any atom is 0.0701 e. The predicted molar refractivity (Wildman–Crippen MR) is 74.3 cm³/mol. The second-order valence-corrected chi connectivity index (χ2v) is 7.11. The summed E-state index contributed by atoms with van der Waals surface area (Å²) in [5.74, 6) is 0. The number of hydrogen-bond donors (Lipinski definition) is 1. The third-order valence-electron chi connectivity index (χ3n) is 2.78. The van der Waals surface area contributed by atoms with E-state index >= 15 is 0 Å². The van der Waals surface area contributed by atoms with Gasteiger partial charge in [-0.05, 0) is 61.8 Å². The molecule has 1 unspecified atom stereocenters. The lowest BCUT2D eigenvalue weighted by Crippen LogP contribution is -2.37. The van der Waals surface area contributed by atoms with E-state index in [1.165, 1.54) is 8.66 Å². The lowest BCUT2D eigenvalue weighted by molar-refractivity contribution is 0.00778. The molecule has 1 aromatic heterocycles. The van der Waals surface area contributed by atoms with E-state index in [0.717, 1.165) is 12.8 Å². The number of hydrogen-bond acceptors (Lipinski definition) is 3. The van der Waals surface area contributed by atoms with Crippen LogP contribution < -0.4 is 5.32 Å². The van der Waals surface area contributed by atoms with E-state index < -0.39 is 0 Å². The first-order valence-electron chi connectivity index (χ1n) is 5.43. The van der Waals surface area contributed by atoms with Gasteiger partial charge in [0, 0.05) is 18.0 Å². The summed E-state index contributed by atoms with van der Waals surface area (Å²) < 4.78 is 6.66. The largest absolute Gasteiger partial charge is 0.379 e. The van der Waals surface area contributed by atoms with Crippen LogP contribution in [0.1, 0.15) is 25.1 Å². The second-order valence-electron chi connectivity index (χ2n) is 4.56. The number of methoxy groups -OCH3 is 1. The summed E-state index contributed by atoms with van der Waals surface area (Å²) >= 11 is 5.29. The summed E-state index contributed by atoms with van der Waals surface area (Å²) in [7, 11) is 3.79. The number of ether oxygens (including phenoxy) is 1. The fourth-order valence-electron chi connectivity index (χ4n) is 1.66. The number of nitrogens with one attached hydrogen (secondary N) is 1. The molecule has 1 aromatic rings. The van der Waals surface area contributed by atoms with Crippen LogP contribution in [0, 0.1) is 0 Å². The van der Waals surface area contributed by atoms with Gasteiger partial charge in [0.25, 0.3) is 0 Å². The van der Waals surface area contributed by atoms with Gasteiger partial charge in [-0.25, -0.2) is 0 Å². The van der Waals surface area contributed by atoms with Crippen molar-refractivity contribution in [1.29, 1.82) is 0 Å². The van der Waals surface area contributed by atoms with Crippen molar-refractivity contribution in [1.82, 2.24) is 5.32 Å². The summed E-state index contributed by atoms with van der Waals surface area (Å²) in [4.78, 5) is 1.40. The van der Waals surface area contributed by atoms with Crippen LogP contribution in [0.3, 0.4) is 0 Å². The highest BCUT2D eigenvalue weighted by atomic mass is 79.9. The molecule has 0 aliphatic carbocycles. The Bertz CT molecular complexity index is 325. The smallest absolute Gasteiger partial charge is 0.0701 e. The Hall–Kier alpha value is 0.1000. The van der Waals surface area contributed by atoms with Crippen LogP contribution in [0.15, 0.2) is 15.9 Å². The monoisotopic (exact) mass is 305 g/mol. The van der Waals surface area contributed by atoms with Crippen molar-refractivity contribution in [2.24, 2.45) is 0 Å². The van der Waals surface area contributed by atoms with Gasteiger partial charge in [-0.3, -0.25) is 0 Å². The van der Waals surface area contributed by atoms with Crippen molar-refractivity contribution in [2.45, 2.75) is 38.3 Å². The Labute approximate surface area is 111 Å². The molecule has 0 bridgehead atoms. The van der Waals surface area contributed by atoms with Gasteiger partial charge in [0.05, 0.1) is 9.39 Å². The molecule has 2 nitrogen and oxygen atoms in total. The first-order chi connectivity index (χ1) is 7.46. The van der Waals surface area contributed by atoms with Gasteiger partial charge in [0.2, 0.25) is 0 Å². The van der Waals surface area contributed by atoms with Crippen LogP contribution in [0.4, 0.5) is 0 Å². The number of likely N-dealkylation sites (N-methyl/N-ethyl adjacent to an activating group) is 1. The molecule has 0 fully saturated rings. The molecule has 0 spiro atoms. The minimum Gasteiger partial charge on any atom is -0.379 e. The second kappa shape index (κ2) is 6.15. The Balaban J connectivity index is 2.55. The molecule has 1 heterocycles. The molecular formula is C12H20BrNOS. The molecule has 0 aromatic carbocycles. The zero-order chi connectivity index (χ0) is 12.2. The molecule has 1 N–H and O–H groups in total. The molecule has 0 saturated carbocycles. The maximum atomic E-state index is 5.47. The van der Waals surface area contributed by atoms with Gasteiger partial charge < -0.3 is 10.1 Å². The standard InChI is InChI=1S/C12H20BrNOS/c1-12(2,15-4)8-9(14-3)7-10-5-6-11(13)16-10/h5-6,9,14H,7-8H2,1-4H3. The lowest BCUT2D eigenvalue weighted by Gasteiger charge is -2.28. The van der Waals surface area contributed by atoms with E-state index in [4.69, 9.17) is 4.74 Å². The zero-order valence-corrected chi connectivity index (χ0v) is 12.7. The number of halogens is 1. The van der Waals surface area contributed by atoms with Crippen LogP contribution in [-0.4, -0.2) is 25.8 Å². The molecule has 0 amide bonds. The average Bonchev–Trinajstić information content (AvgIpc) is 2.63. The lowest BCUT2D eigenvalue weighted by atomic mass is 9.96. The van der Waals surface area contributed by atoms with Crippen LogP contribution in [0.5, 0.6) is 0 Å². The average molecular weight is 306 g/mol. The first-order valence-corrected chi connectivity index (χ1v) is 7.04. The van der Waals surface area contributed by atoms with E-state index in [-0.39, 0.29) is 5.60 Å². The molecule has 1 rings (SSSR count). The van der Waals surface area contributed by atoms with E-state index in [1.807, 2.05) is 7.05 Å². The van der Waals surface area contributed by atoms with Crippen molar-refractivity contribution in [3.05, 3.63) is 20.8 Å². The zero-order valence-electron chi connectivity index (χ0n) is 10.3. The topological polar surface area (TPSA) is 21.3 Å². The molecule has 92 valence electrons. The molecule has 0 radical (unpaired) electrons. The molecule has 0 aliphatic rings. The van der Waals surface area contributed by atoms with E-state index in [9.17, 15) is 0 Å². The van der Waals surface area contributed by atoms with Crippen molar-refractivity contribution in [3.63, 3.8) is 0 Å². The normalized spacial score (nSPS) is 14.1. The van der Waals surface area contributed by atoms with Gasteiger partial charge in [0.15, 0.2) is 0 Å². The Morgan fingerprint density at radius 2 is 2.19 bits per heavy atom. The SMILES string of the molecule is CNC(Cc1ccc(Br)s1)CC(C)(C)OC. The summed E-state index contributed by atoms with van der Waals surface area (Å²) in [6.45, 7) is 4.25. The number of rotatable bonds is 6. The van der Waals surface area contributed by atoms with Gasteiger partial charge in [-0.2, -0.15) is 0 Å². The van der Waals surface area contributed by atoms with Crippen molar-refractivity contribution in [3.8, 4) is 0 Å². The predicted octanol–water partition coefficient (Wildman–Crippen LogP) is 3.46. The summed E-state index contributed by atoms with van der Waals surface area (Å²) in [6, 6.07) is 4.74. The fraction of sp³-hybridized carbons (Fsp3) is 0.667. The first kappa shape index (κ1) is 14.2. The highest BCUT2D eigenvalue weighted by Gasteiger charge is 2.22. The Morgan fingerprint density at radius 1 is 1.50 bits per heavy atom. The minimum absolute atomic E-state index is 0.0673. The highest BCUT2D eigenvalue weighted by Crippen LogP contribution is 2.25. The molecule has 0 aliphatic heterocycles. The van der Waals surface area contributed by atoms with Gasteiger partial charge in [0.1, 0.15) is 0 Å². The maximum absolute atomic E-state index is 5.47. The van der Waals surface area contributed by atoms with Crippen LogP contribution in [0.2, 0.25) is 0 Å². The van der Waals surface area contributed by atoms with Gasteiger partial charge in [-0.1, -0.05) is 0 Å². The van der Waals surface area contributed by atoms with Gasteiger partial charge >= 0.3 is 0 Å². The van der Waals surface area contributed by atoms with E-state index in [2.05, 4.69) is 47.2 Å². The summed E-state index contributed by atoms with van der Waals surface area (Å²) in [5.41, 5.74) is -0.0673. The molecule has 16 heavy (non-hydrogen) atoms. The molecule has 0 saturated heterocycles. The number of thiophene rings is 1. The Kier molecular flexibility index (Phi) is 5.44. The van der Waals surface area contributed by atoms with E-state index in [1.54, 1.807) is 18.4 Å². The molecule has 4 heteroatoms. The summed E-state index contributed by atoms with van der Waals surface area (Å²) in [5, 5.41) is 3.36. The molecular weight excluding hydrogens is 286 g/mol. The quantitative estimate of drug-likeness (QED) is 0.869. The van der Waals surface area contributed by atoms with Crippen molar-refractivity contribution in [2.75, 3.05) is 14.2 Å². The van der Waals surface area contributed by atoms with Crippen LogP contribution >= 0.6 is 27.3 Å². The highest BCUT2D eigenvalue weighted by molar-refractivity contribution is 9.11. The van der Waals surface area contributed by atoms with Crippen LogP contribution in [0.25, 0.3) is 0 Å². The third kappa shape index (κ3) is 4.53. The van der Waals surface area contributed by atoms with Gasteiger partial charge in [-0.15, -0.1) is 11.3 Å². The van der Waals surface area contributed by atoms with E-state index in [0.29, 0.717) is 6.04 Å². The fourth-order valence-corrected chi connectivity index (χ4v) is 3.22. The Morgan fingerprint density at radius 3 is 2.62 bits per heavy atom. The van der Waals surface area contributed by atoms with Crippen LogP contribution in [-0.2, 0) is 11.2 Å². The van der Waals surface area contributed by atoms with Crippen molar-refractivity contribution >= 4 is 27.3 Å². The van der Waals surface area contributed by atoms with Crippen molar-refractivity contribution < 1.29 is 4.74 Å². The third-order valence-corrected chi connectivity index (χ3v) is 4.42. The summed E-state index contributed by atoms with van der Waals surface area (Å²) in [6.07, 6.45) is 2.06. The minimum atomic E-state index is -0.0673. The molecule has 1 atom stereocenters.